The highest BCUT2D eigenvalue weighted by atomic mass is 35.5. The number of amides is 1. The second-order valence-corrected chi connectivity index (χ2v) is 4.79. The molecule has 0 bridgehead atoms. The van der Waals surface area contributed by atoms with Crippen molar-refractivity contribution in [3.8, 4) is 5.75 Å². The molecule has 0 unspecified atom stereocenters. The molecule has 5 nitrogen and oxygen atoms in total. The number of benzene rings is 2. The molecule has 2 aromatic carbocycles. The number of carbonyl (C=O) groups excluding carboxylic acids is 2. The van der Waals surface area contributed by atoms with Crippen molar-refractivity contribution in [3.63, 3.8) is 0 Å². The van der Waals surface area contributed by atoms with Gasteiger partial charge in [0.05, 0.1) is 7.11 Å². The molecule has 0 aliphatic heterocycles. The summed E-state index contributed by atoms with van der Waals surface area (Å²) < 4.78 is 9.68. The minimum absolute atomic E-state index is 0.174. The summed E-state index contributed by atoms with van der Waals surface area (Å²) in [7, 11) is 1.29. The van der Waals surface area contributed by atoms with Crippen LogP contribution in [-0.2, 0) is 9.53 Å². The van der Waals surface area contributed by atoms with Crippen LogP contribution in [0, 0.1) is 0 Å². The summed E-state index contributed by atoms with van der Waals surface area (Å²) in [4.78, 5) is 23.0. The standard InChI is InChI=1S/C16H14ClNO4/c1-21-15(19)10-22-14-8-2-11(3-9-14)16(20)18-13-6-4-12(17)5-7-13/h2-9H,10H2,1H3,(H,18,20). The third-order valence-electron chi connectivity index (χ3n) is 2.80. The second-order valence-electron chi connectivity index (χ2n) is 4.35. The maximum atomic E-state index is 12.1. The summed E-state index contributed by atoms with van der Waals surface area (Å²) in [6.07, 6.45) is 0. The molecule has 114 valence electrons. The first-order valence-corrected chi connectivity index (χ1v) is 6.83. The first kappa shape index (κ1) is 15.9. The van der Waals surface area contributed by atoms with E-state index in [4.69, 9.17) is 16.3 Å². The molecule has 0 aliphatic carbocycles. The van der Waals surface area contributed by atoms with Gasteiger partial charge in [-0.1, -0.05) is 11.6 Å². The zero-order valence-electron chi connectivity index (χ0n) is 11.8. The van der Waals surface area contributed by atoms with E-state index in [0.717, 1.165) is 0 Å². The van der Waals surface area contributed by atoms with E-state index in [1.807, 2.05) is 0 Å². The number of hydrogen-bond acceptors (Lipinski definition) is 4. The number of hydrogen-bond donors (Lipinski definition) is 1. The highest BCUT2D eigenvalue weighted by Gasteiger charge is 2.07. The van der Waals surface area contributed by atoms with Crippen LogP contribution in [0.4, 0.5) is 5.69 Å². The Morgan fingerprint density at radius 3 is 2.27 bits per heavy atom. The molecular formula is C16H14ClNO4. The monoisotopic (exact) mass is 319 g/mol. The number of ether oxygens (including phenoxy) is 2. The van der Waals surface area contributed by atoms with Gasteiger partial charge in [-0.3, -0.25) is 4.79 Å². The van der Waals surface area contributed by atoms with Crippen molar-refractivity contribution in [2.75, 3.05) is 19.0 Å². The van der Waals surface area contributed by atoms with Crippen LogP contribution in [0.25, 0.3) is 0 Å². The van der Waals surface area contributed by atoms with E-state index >= 15 is 0 Å². The van der Waals surface area contributed by atoms with Gasteiger partial charge >= 0.3 is 5.97 Å². The maximum absolute atomic E-state index is 12.1. The summed E-state index contributed by atoms with van der Waals surface area (Å²) in [6.45, 7) is -0.174. The summed E-state index contributed by atoms with van der Waals surface area (Å²) in [6, 6.07) is 13.3. The topological polar surface area (TPSA) is 64.6 Å². The van der Waals surface area contributed by atoms with E-state index in [2.05, 4.69) is 10.1 Å². The largest absolute Gasteiger partial charge is 0.482 e. The molecule has 1 N–H and O–H groups in total. The Morgan fingerprint density at radius 1 is 1.05 bits per heavy atom. The van der Waals surface area contributed by atoms with Crippen molar-refractivity contribution >= 4 is 29.2 Å². The van der Waals surface area contributed by atoms with Gasteiger partial charge in [0.15, 0.2) is 6.61 Å². The summed E-state index contributed by atoms with van der Waals surface area (Å²) in [5, 5.41) is 3.35. The molecule has 1 amide bonds. The highest BCUT2D eigenvalue weighted by molar-refractivity contribution is 6.30. The third-order valence-corrected chi connectivity index (χ3v) is 3.05. The molecule has 0 aromatic heterocycles. The number of anilines is 1. The third kappa shape index (κ3) is 4.49. The molecule has 2 rings (SSSR count). The maximum Gasteiger partial charge on any atom is 0.343 e. The molecule has 0 aliphatic rings. The quantitative estimate of drug-likeness (QED) is 0.860. The molecule has 2 aromatic rings. The van der Waals surface area contributed by atoms with Gasteiger partial charge in [-0.25, -0.2) is 4.79 Å². The molecule has 0 spiro atoms. The number of halogens is 1. The Hall–Kier alpha value is -2.53. The van der Waals surface area contributed by atoms with Crippen molar-refractivity contribution in [2.45, 2.75) is 0 Å². The predicted octanol–water partition coefficient (Wildman–Crippen LogP) is 3.14. The lowest BCUT2D eigenvalue weighted by molar-refractivity contribution is -0.142. The Labute approximate surface area is 132 Å². The van der Waals surface area contributed by atoms with Crippen molar-refractivity contribution in [1.82, 2.24) is 0 Å². The molecule has 0 fully saturated rings. The Bertz CT molecular complexity index is 653. The highest BCUT2D eigenvalue weighted by Crippen LogP contribution is 2.16. The lowest BCUT2D eigenvalue weighted by Gasteiger charge is -2.07. The molecule has 6 heteroatoms. The minimum atomic E-state index is -0.468. The van der Waals surface area contributed by atoms with E-state index in [9.17, 15) is 9.59 Å². The van der Waals surface area contributed by atoms with Crippen molar-refractivity contribution < 1.29 is 19.1 Å². The van der Waals surface area contributed by atoms with Crippen LogP contribution >= 0.6 is 11.6 Å². The zero-order chi connectivity index (χ0) is 15.9. The van der Waals surface area contributed by atoms with Crippen molar-refractivity contribution in [1.29, 1.82) is 0 Å². The average molecular weight is 320 g/mol. The van der Waals surface area contributed by atoms with Crippen LogP contribution < -0.4 is 10.1 Å². The van der Waals surface area contributed by atoms with Crippen LogP contribution in [-0.4, -0.2) is 25.6 Å². The lowest BCUT2D eigenvalue weighted by Crippen LogP contribution is -2.13. The van der Waals surface area contributed by atoms with Gasteiger partial charge in [-0.05, 0) is 48.5 Å². The first-order chi connectivity index (χ1) is 10.6. The first-order valence-electron chi connectivity index (χ1n) is 6.45. The normalized spacial score (nSPS) is 9.91. The SMILES string of the molecule is COC(=O)COc1ccc(C(=O)Nc2ccc(Cl)cc2)cc1. The molecule has 0 heterocycles. The van der Waals surface area contributed by atoms with E-state index in [1.54, 1.807) is 48.5 Å². The Balaban J connectivity index is 1.96. The van der Waals surface area contributed by atoms with Gasteiger partial charge in [0.25, 0.3) is 5.91 Å². The number of carbonyl (C=O) groups is 2. The smallest absolute Gasteiger partial charge is 0.343 e. The van der Waals surface area contributed by atoms with Crippen molar-refractivity contribution in [2.24, 2.45) is 0 Å². The molecule has 0 atom stereocenters. The fourth-order valence-electron chi connectivity index (χ4n) is 1.64. The van der Waals surface area contributed by atoms with Gasteiger partial charge in [0.2, 0.25) is 0 Å². The molecule has 22 heavy (non-hydrogen) atoms. The van der Waals surface area contributed by atoms with E-state index in [0.29, 0.717) is 22.0 Å². The second kappa shape index (κ2) is 7.47. The predicted molar refractivity (Wildman–Crippen MR) is 83.4 cm³/mol. The minimum Gasteiger partial charge on any atom is -0.482 e. The molecule has 0 radical (unpaired) electrons. The van der Waals surface area contributed by atoms with Crippen LogP contribution in [0.15, 0.2) is 48.5 Å². The van der Waals surface area contributed by atoms with Gasteiger partial charge in [-0.15, -0.1) is 0 Å². The summed E-state index contributed by atoms with van der Waals surface area (Å²) in [5.74, 6) is -0.236. The number of nitrogens with one attached hydrogen (secondary N) is 1. The Morgan fingerprint density at radius 2 is 1.68 bits per heavy atom. The van der Waals surface area contributed by atoms with Gasteiger partial charge in [0, 0.05) is 16.3 Å². The van der Waals surface area contributed by atoms with Gasteiger partial charge in [-0.2, -0.15) is 0 Å². The van der Waals surface area contributed by atoms with Crippen LogP contribution in [0.3, 0.4) is 0 Å². The lowest BCUT2D eigenvalue weighted by atomic mass is 10.2. The van der Waals surface area contributed by atoms with Crippen LogP contribution in [0.2, 0.25) is 5.02 Å². The van der Waals surface area contributed by atoms with Gasteiger partial charge in [0.1, 0.15) is 5.75 Å². The van der Waals surface area contributed by atoms with Crippen LogP contribution in [0.5, 0.6) is 5.75 Å². The van der Waals surface area contributed by atoms with E-state index < -0.39 is 5.97 Å². The molecular weight excluding hydrogens is 306 g/mol. The molecule has 0 saturated heterocycles. The number of methoxy groups -OCH3 is 1. The summed E-state index contributed by atoms with van der Waals surface area (Å²) >= 11 is 5.79. The number of esters is 1. The fraction of sp³-hybridized carbons (Fsp3) is 0.125. The fourth-order valence-corrected chi connectivity index (χ4v) is 1.77. The Kier molecular flexibility index (Phi) is 5.38. The van der Waals surface area contributed by atoms with Crippen molar-refractivity contribution in [3.05, 3.63) is 59.1 Å². The van der Waals surface area contributed by atoms with Crippen LogP contribution in [0.1, 0.15) is 10.4 Å². The average Bonchev–Trinajstić information content (AvgIpc) is 2.55. The molecule has 0 saturated carbocycles. The van der Waals surface area contributed by atoms with E-state index in [-0.39, 0.29) is 12.5 Å². The van der Waals surface area contributed by atoms with Gasteiger partial charge < -0.3 is 14.8 Å². The summed E-state index contributed by atoms with van der Waals surface area (Å²) in [5.41, 5.74) is 1.13. The number of rotatable bonds is 5. The van der Waals surface area contributed by atoms with E-state index in [1.165, 1.54) is 7.11 Å². The zero-order valence-corrected chi connectivity index (χ0v) is 12.6.